The van der Waals surface area contributed by atoms with Crippen LogP contribution in [0.5, 0.6) is 5.75 Å². The van der Waals surface area contributed by atoms with Gasteiger partial charge in [-0.25, -0.2) is 0 Å². The van der Waals surface area contributed by atoms with Crippen LogP contribution < -0.4 is 15.8 Å². The molecule has 0 spiro atoms. The van der Waals surface area contributed by atoms with Gasteiger partial charge in [-0.05, 0) is 37.5 Å². The SMILES string of the molecule is CC(C)Oc1cccc(CNC(CN)C(C)C)c1. The lowest BCUT2D eigenvalue weighted by Crippen LogP contribution is -2.39. The summed E-state index contributed by atoms with van der Waals surface area (Å²) < 4.78 is 5.68. The summed E-state index contributed by atoms with van der Waals surface area (Å²) in [7, 11) is 0. The zero-order valence-corrected chi connectivity index (χ0v) is 11.9. The van der Waals surface area contributed by atoms with E-state index in [0.717, 1.165) is 12.3 Å². The number of ether oxygens (including phenoxy) is 1. The Hall–Kier alpha value is -1.06. The van der Waals surface area contributed by atoms with E-state index in [4.69, 9.17) is 10.5 Å². The second-order valence-electron chi connectivity index (χ2n) is 5.28. The van der Waals surface area contributed by atoms with E-state index in [2.05, 4.69) is 31.3 Å². The smallest absolute Gasteiger partial charge is 0.120 e. The van der Waals surface area contributed by atoms with Gasteiger partial charge >= 0.3 is 0 Å². The van der Waals surface area contributed by atoms with Crippen molar-refractivity contribution in [2.75, 3.05) is 6.54 Å². The minimum absolute atomic E-state index is 0.209. The van der Waals surface area contributed by atoms with Crippen molar-refractivity contribution in [3.8, 4) is 5.75 Å². The Morgan fingerprint density at radius 1 is 1.22 bits per heavy atom. The van der Waals surface area contributed by atoms with Gasteiger partial charge in [0.15, 0.2) is 0 Å². The standard InChI is InChI=1S/C15H26N2O/c1-11(2)15(9-16)17-10-13-6-5-7-14(8-13)18-12(3)4/h5-8,11-12,15,17H,9-10,16H2,1-4H3. The van der Waals surface area contributed by atoms with Gasteiger partial charge in [0.2, 0.25) is 0 Å². The molecule has 1 aromatic carbocycles. The van der Waals surface area contributed by atoms with Crippen molar-refractivity contribution in [2.24, 2.45) is 11.7 Å². The van der Waals surface area contributed by atoms with Gasteiger partial charge in [0.05, 0.1) is 6.10 Å². The summed E-state index contributed by atoms with van der Waals surface area (Å²) >= 11 is 0. The fourth-order valence-electron chi connectivity index (χ4n) is 1.84. The van der Waals surface area contributed by atoms with Crippen molar-refractivity contribution in [1.82, 2.24) is 5.32 Å². The molecule has 1 aromatic rings. The van der Waals surface area contributed by atoms with Gasteiger partial charge in [0.1, 0.15) is 5.75 Å². The molecule has 18 heavy (non-hydrogen) atoms. The van der Waals surface area contributed by atoms with Crippen molar-refractivity contribution >= 4 is 0 Å². The van der Waals surface area contributed by atoms with Gasteiger partial charge in [-0.1, -0.05) is 26.0 Å². The van der Waals surface area contributed by atoms with Gasteiger partial charge in [0.25, 0.3) is 0 Å². The van der Waals surface area contributed by atoms with Gasteiger partial charge in [-0.3, -0.25) is 0 Å². The van der Waals surface area contributed by atoms with E-state index in [-0.39, 0.29) is 6.10 Å². The fourth-order valence-corrected chi connectivity index (χ4v) is 1.84. The molecule has 0 amide bonds. The van der Waals surface area contributed by atoms with Crippen LogP contribution in [0.2, 0.25) is 0 Å². The molecule has 0 saturated heterocycles. The molecular weight excluding hydrogens is 224 g/mol. The lowest BCUT2D eigenvalue weighted by atomic mass is 10.0. The van der Waals surface area contributed by atoms with Crippen LogP contribution in [-0.4, -0.2) is 18.7 Å². The Balaban J connectivity index is 2.56. The number of benzene rings is 1. The quantitative estimate of drug-likeness (QED) is 0.782. The van der Waals surface area contributed by atoms with Crippen LogP contribution in [0, 0.1) is 5.92 Å². The van der Waals surface area contributed by atoms with E-state index in [1.54, 1.807) is 0 Å². The monoisotopic (exact) mass is 250 g/mol. The Morgan fingerprint density at radius 3 is 2.50 bits per heavy atom. The van der Waals surface area contributed by atoms with Crippen molar-refractivity contribution < 1.29 is 4.74 Å². The summed E-state index contributed by atoms with van der Waals surface area (Å²) in [6.45, 7) is 9.93. The highest BCUT2D eigenvalue weighted by atomic mass is 16.5. The van der Waals surface area contributed by atoms with Gasteiger partial charge in [0, 0.05) is 19.1 Å². The number of nitrogens with one attached hydrogen (secondary N) is 1. The third-order valence-corrected chi connectivity index (χ3v) is 2.90. The van der Waals surface area contributed by atoms with E-state index >= 15 is 0 Å². The molecule has 102 valence electrons. The topological polar surface area (TPSA) is 47.3 Å². The molecule has 3 nitrogen and oxygen atoms in total. The van der Waals surface area contributed by atoms with Crippen LogP contribution in [0.1, 0.15) is 33.3 Å². The zero-order valence-electron chi connectivity index (χ0n) is 11.9. The van der Waals surface area contributed by atoms with Crippen molar-refractivity contribution in [1.29, 1.82) is 0 Å². The second kappa shape index (κ2) is 7.39. The largest absolute Gasteiger partial charge is 0.491 e. The van der Waals surface area contributed by atoms with Crippen molar-refractivity contribution in [2.45, 2.75) is 46.4 Å². The molecule has 0 aliphatic rings. The molecule has 3 heteroatoms. The van der Waals surface area contributed by atoms with Crippen molar-refractivity contribution in [3.63, 3.8) is 0 Å². The van der Waals surface area contributed by atoms with Gasteiger partial charge in [-0.2, -0.15) is 0 Å². The third kappa shape index (κ3) is 5.07. The molecule has 1 unspecified atom stereocenters. The first-order chi connectivity index (χ1) is 8.52. The van der Waals surface area contributed by atoms with E-state index in [1.807, 2.05) is 26.0 Å². The van der Waals surface area contributed by atoms with E-state index < -0.39 is 0 Å². The minimum atomic E-state index is 0.209. The molecule has 0 fully saturated rings. The Labute approximate surface area is 111 Å². The highest BCUT2D eigenvalue weighted by Crippen LogP contribution is 2.15. The maximum absolute atomic E-state index is 5.75. The molecule has 0 aliphatic heterocycles. The number of rotatable bonds is 7. The highest BCUT2D eigenvalue weighted by Gasteiger charge is 2.10. The van der Waals surface area contributed by atoms with Crippen LogP contribution in [0.15, 0.2) is 24.3 Å². The Bertz CT molecular complexity index is 350. The molecule has 3 N–H and O–H groups in total. The van der Waals surface area contributed by atoms with E-state index in [1.165, 1.54) is 5.56 Å². The summed E-state index contributed by atoms with van der Waals surface area (Å²) in [5.41, 5.74) is 6.98. The minimum Gasteiger partial charge on any atom is -0.491 e. The average molecular weight is 250 g/mol. The van der Waals surface area contributed by atoms with Crippen molar-refractivity contribution in [3.05, 3.63) is 29.8 Å². The molecule has 1 rings (SSSR count). The summed E-state index contributed by atoms with van der Waals surface area (Å²) in [5.74, 6) is 1.48. The first-order valence-corrected chi connectivity index (χ1v) is 6.72. The maximum Gasteiger partial charge on any atom is 0.120 e. The molecular formula is C15H26N2O. The summed E-state index contributed by atoms with van der Waals surface area (Å²) in [6, 6.07) is 8.57. The normalized spacial score (nSPS) is 13.1. The van der Waals surface area contributed by atoms with Gasteiger partial charge < -0.3 is 15.8 Å². The molecule has 1 atom stereocenters. The first-order valence-electron chi connectivity index (χ1n) is 6.72. The molecule has 0 aliphatic carbocycles. The second-order valence-corrected chi connectivity index (χ2v) is 5.28. The molecule has 0 bridgehead atoms. The predicted octanol–water partition coefficient (Wildman–Crippen LogP) is 2.55. The van der Waals surface area contributed by atoms with Crippen LogP contribution in [0.25, 0.3) is 0 Å². The molecule has 0 heterocycles. The zero-order chi connectivity index (χ0) is 13.5. The van der Waals surface area contributed by atoms with Gasteiger partial charge in [-0.15, -0.1) is 0 Å². The Morgan fingerprint density at radius 2 is 1.94 bits per heavy atom. The van der Waals surface area contributed by atoms with Crippen LogP contribution in [0.4, 0.5) is 0 Å². The lowest BCUT2D eigenvalue weighted by Gasteiger charge is -2.20. The fraction of sp³-hybridized carbons (Fsp3) is 0.600. The first kappa shape index (κ1) is 15.0. The summed E-state index contributed by atoms with van der Waals surface area (Å²) in [5, 5.41) is 3.49. The van der Waals surface area contributed by atoms with Crippen LogP contribution >= 0.6 is 0 Å². The molecule has 0 aromatic heterocycles. The van der Waals surface area contributed by atoms with Crippen LogP contribution in [0.3, 0.4) is 0 Å². The maximum atomic E-state index is 5.75. The number of hydrogen-bond acceptors (Lipinski definition) is 3. The van der Waals surface area contributed by atoms with Crippen LogP contribution in [-0.2, 0) is 6.54 Å². The predicted molar refractivity (Wildman–Crippen MR) is 76.7 cm³/mol. The molecule has 0 radical (unpaired) electrons. The Kier molecular flexibility index (Phi) is 6.16. The van der Waals surface area contributed by atoms with E-state index in [9.17, 15) is 0 Å². The molecule has 0 saturated carbocycles. The number of hydrogen-bond donors (Lipinski definition) is 2. The average Bonchev–Trinajstić information content (AvgIpc) is 2.29. The highest BCUT2D eigenvalue weighted by molar-refractivity contribution is 5.28. The third-order valence-electron chi connectivity index (χ3n) is 2.90. The summed E-state index contributed by atoms with van der Waals surface area (Å²) in [6.07, 6.45) is 0.209. The van der Waals surface area contributed by atoms with E-state index in [0.29, 0.717) is 18.5 Å². The summed E-state index contributed by atoms with van der Waals surface area (Å²) in [4.78, 5) is 0. The number of nitrogens with two attached hydrogens (primary N) is 1. The lowest BCUT2D eigenvalue weighted by molar-refractivity contribution is 0.242.